The molecule has 0 fully saturated rings. The van der Waals surface area contributed by atoms with Gasteiger partial charge in [0, 0.05) is 17.3 Å². The quantitative estimate of drug-likeness (QED) is 0.840. The molecule has 1 heterocycles. The number of rotatable bonds is 2. The zero-order valence-corrected chi connectivity index (χ0v) is 11.1. The van der Waals surface area contributed by atoms with E-state index in [-0.39, 0.29) is 5.56 Å². The molecule has 0 aromatic carbocycles. The largest absolute Gasteiger partial charge is 0.326 e. The van der Waals surface area contributed by atoms with E-state index in [1.807, 2.05) is 0 Å². The van der Waals surface area contributed by atoms with Crippen molar-refractivity contribution in [1.82, 2.24) is 10.3 Å². The highest BCUT2D eigenvalue weighted by atomic mass is 16.1. The predicted octanol–water partition coefficient (Wildman–Crippen LogP) is 2.24. The van der Waals surface area contributed by atoms with Crippen LogP contribution in [0.25, 0.3) is 0 Å². The first-order chi connectivity index (χ1) is 8.81. The molecule has 0 radical (unpaired) electrons. The van der Waals surface area contributed by atoms with Crippen LogP contribution in [0.2, 0.25) is 0 Å². The fourth-order valence-electron chi connectivity index (χ4n) is 3.61. The topological polar surface area (TPSA) is 44.9 Å². The third-order valence-corrected chi connectivity index (χ3v) is 4.38. The van der Waals surface area contributed by atoms with Crippen LogP contribution in [0.5, 0.6) is 0 Å². The monoisotopic (exact) mass is 246 g/mol. The van der Waals surface area contributed by atoms with Crippen molar-refractivity contribution >= 4 is 0 Å². The molecule has 1 aromatic rings. The molecule has 3 nitrogen and oxygen atoms in total. The number of aromatic nitrogens is 1. The lowest BCUT2D eigenvalue weighted by Crippen LogP contribution is -2.32. The summed E-state index contributed by atoms with van der Waals surface area (Å²) in [5.41, 5.74) is 5.28. The first-order valence-electron chi connectivity index (χ1n) is 7.31. The second-order valence-corrected chi connectivity index (χ2v) is 5.51. The molecular formula is C15H22N2O. The van der Waals surface area contributed by atoms with Crippen LogP contribution < -0.4 is 10.9 Å². The van der Waals surface area contributed by atoms with Gasteiger partial charge in [0.25, 0.3) is 5.56 Å². The number of H-pyrrole nitrogens is 1. The van der Waals surface area contributed by atoms with Gasteiger partial charge in [0.15, 0.2) is 0 Å². The van der Waals surface area contributed by atoms with E-state index in [1.54, 1.807) is 0 Å². The molecule has 3 heteroatoms. The molecule has 0 saturated carbocycles. The molecule has 2 aliphatic carbocycles. The average Bonchev–Trinajstić information content (AvgIpc) is 2.39. The van der Waals surface area contributed by atoms with Gasteiger partial charge < -0.3 is 10.3 Å². The first-order valence-corrected chi connectivity index (χ1v) is 7.31. The SMILES string of the molecule is CCN[C@@H]1CCCc2[nH]c(=O)c3c(c21)CCCC3. The molecule has 98 valence electrons. The van der Waals surface area contributed by atoms with Crippen molar-refractivity contribution in [3.8, 4) is 0 Å². The van der Waals surface area contributed by atoms with Crippen LogP contribution >= 0.6 is 0 Å². The molecule has 0 saturated heterocycles. The molecule has 0 aliphatic heterocycles. The summed E-state index contributed by atoms with van der Waals surface area (Å²) in [4.78, 5) is 15.3. The lowest BCUT2D eigenvalue weighted by Gasteiger charge is -2.31. The fourth-order valence-corrected chi connectivity index (χ4v) is 3.61. The molecule has 0 amide bonds. The van der Waals surface area contributed by atoms with Gasteiger partial charge in [-0.1, -0.05) is 6.92 Å². The second kappa shape index (κ2) is 4.88. The lowest BCUT2D eigenvalue weighted by molar-refractivity contribution is 0.457. The summed E-state index contributed by atoms with van der Waals surface area (Å²) >= 11 is 0. The molecule has 18 heavy (non-hydrogen) atoms. The minimum absolute atomic E-state index is 0.181. The van der Waals surface area contributed by atoms with E-state index < -0.39 is 0 Å². The molecular weight excluding hydrogens is 224 g/mol. The summed E-state index contributed by atoms with van der Waals surface area (Å²) in [6, 6.07) is 0.461. The van der Waals surface area contributed by atoms with E-state index in [0.29, 0.717) is 6.04 Å². The van der Waals surface area contributed by atoms with Gasteiger partial charge in [-0.3, -0.25) is 4.79 Å². The van der Waals surface area contributed by atoms with Crippen LogP contribution in [0.15, 0.2) is 4.79 Å². The van der Waals surface area contributed by atoms with E-state index >= 15 is 0 Å². The number of fused-ring (bicyclic) bond motifs is 3. The molecule has 3 rings (SSSR count). The van der Waals surface area contributed by atoms with Crippen LogP contribution in [0.4, 0.5) is 0 Å². The minimum atomic E-state index is 0.181. The zero-order valence-electron chi connectivity index (χ0n) is 11.1. The Morgan fingerprint density at radius 3 is 2.72 bits per heavy atom. The summed E-state index contributed by atoms with van der Waals surface area (Å²) in [6.45, 7) is 3.16. The highest BCUT2D eigenvalue weighted by Crippen LogP contribution is 2.34. The second-order valence-electron chi connectivity index (χ2n) is 5.51. The summed E-state index contributed by atoms with van der Waals surface area (Å²) in [5.74, 6) is 0. The van der Waals surface area contributed by atoms with Gasteiger partial charge in [-0.25, -0.2) is 0 Å². The van der Waals surface area contributed by atoms with Crippen LogP contribution in [-0.4, -0.2) is 11.5 Å². The maximum Gasteiger partial charge on any atom is 0.251 e. The normalized spacial score (nSPS) is 22.4. The van der Waals surface area contributed by atoms with Gasteiger partial charge in [0.2, 0.25) is 0 Å². The standard InChI is InChI=1S/C15H22N2O/c1-2-16-12-8-5-9-13-14(12)10-6-3-4-7-11(10)15(18)17-13/h12,16H,2-9H2,1H3,(H,17,18)/t12-/m1/s1. The van der Waals surface area contributed by atoms with Crippen molar-refractivity contribution in [3.63, 3.8) is 0 Å². The van der Waals surface area contributed by atoms with Gasteiger partial charge in [0.1, 0.15) is 0 Å². The predicted molar refractivity (Wildman–Crippen MR) is 73.1 cm³/mol. The summed E-state index contributed by atoms with van der Waals surface area (Å²) in [5, 5.41) is 3.59. The summed E-state index contributed by atoms with van der Waals surface area (Å²) < 4.78 is 0. The molecule has 2 aliphatic rings. The maximum atomic E-state index is 12.1. The van der Waals surface area contributed by atoms with E-state index in [4.69, 9.17) is 0 Å². The van der Waals surface area contributed by atoms with Crippen LogP contribution in [0.3, 0.4) is 0 Å². The van der Waals surface area contributed by atoms with E-state index in [2.05, 4.69) is 17.2 Å². The van der Waals surface area contributed by atoms with Crippen LogP contribution in [0.1, 0.15) is 61.0 Å². The highest BCUT2D eigenvalue weighted by molar-refractivity contribution is 5.41. The Morgan fingerprint density at radius 2 is 1.94 bits per heavy atom. The van der Waals surface area contributed by atoms with E-state index in [1.165, 1.54) is 42.5 Å². The number of pyridine rings is 1. The maximum absolute atomic E-state index is 12.1. The molecule has 1 atom stereocenters. The zero-order chi connectivity index (χ0) is 12.5. The molecule has 0 spiro atoms. The Kier molecular flexibility index (Phi) is 3.25. The third kappa shape index (κ3) is 1.91. The number of nitrogens with one attached hydrogen (secondary N) is 2. The van der Waals surface area contributed by atoms with E-state index in [9.17, 15) is 4.79 Å². The number of hydrogen-bond donors (Lipinski definition) is 2. The molecule has 2 N–H and O–H groups in total. The van der Waals surface area contributed by atoms with Crippen LogP contribution in [-0.2, 0) is 19.3 Å². The van der Waals surface area contributed by atoms with Crippen molar-refractivity contribution < 1.29 is 0 Å². The molecule has 1 aromatic heterocycles. The van der Waals surface area contributed by atoms with E-state index in [0.717, 1.165) is 31.4 Å². The van der Waals surface area contributed by atoms with Crippen molar-refractivity contribution in [1.29, 1.82) is 0 Å². The highest BCUT2D eigenvalue weighted by Gasteiger charge is 2.27. The first kappa shape index (κ1) is 12.0. The van der Waals surface area contributed by atoms with Gasteiger partial charge in [-0.2, -0.15) is 0 Å². The van der Waals surface area contributed by atoms with Gasteiger partial charge in [-0.05, 0) is 62.6 Å². The Bertz CT molecular complexity index is 504. The van der Waals surface area contributed by atoms with Gasteiger partial charge in [0.05, 0.1) is 0 Å². The van der Waals surface area contributed by atoms with Gasteiger partial charge >= 0.3 is 0 Å². The molecule has 0 bridgehead atoms. The average molecular weight is 246 g/mol. The fraction of sp³-hybridized carbons (Fsp3) is 0.667. The number of aromatic amines is 1. The lowest BCUT2D eigenvalue weighted by atomic mass is 9.81. The Morgan fingerprint density at radius 1 is 1.17 bits per heavy atom. The van der Waals surface area contributed by atoms with Crippen molar-refractivity contribution in [2.75, 3.05) is 6.54 Å². The minimum Gasteiger partial charge on any atom is -0.326 e. The Labute approximate surface area is 108 Å². The van der Waals surface area contributed by atoms with Crippen molar-refractivity contribution in [3.05, 3.63) is 32.7 Å². The Hall–Kier alpha value is -1.09. The van der Waals surface area contributed by atoms with Crippen molar-refractivity contribution in [2.24, 2.45) is 0 Å². The third-order valence-electron chi connectivity index (χ3n) is 4.38. The van der Waals surface area contributed by atoms with Gasteiger partial charge in [-0.15, -0.1) is 0 Å². The smallest absolute Gasteiger partial charge is 0.251 e. The summed E-state index contributed by atoms with van der Waals surface area (Å²) in [6.07, 6.45) is 7.90. The number of aryl methyl sites for hydroxylation is 1. The number of hydrogen-bond acceptors (Lipinski definition) is 2. The van der Waals surface area contributed by atoms with Crippen molar-refractivity contribution in [2.45, 2.75) is 57.9 Å². The Balaban J connectivity index is 2.14. The van der Waals surface area contributed by atoms with Crippen LogP contribution in [0, 0.1) is 0 Å². The molecule has 0 unspecified atom stereocenters. The summed E-state index contributed by atoms with van der Waals surface area (Å²) in [7, 11) is 0.